The van der Waals surface area contributed by atoms with Gasteiger partial charge in [-0.05, 0) is 29.8 Å². The molecule has 0 amide bonds. The van der Waals surface area contributed by atoms with E-state index in [0.29, 0.717) is 0 Å². The highest BCUT2D eigenvalue weighted by Gasteiger charge is 2.31. The lowest BCUT2D eigenvalue weighted by atomic mass is 9.78. The van der Waals surface area contributed by atoms with Crippen LogP contribution < -0.4 is 5.73 Å². The Morgan fingerprint density at radius 1 is 1.17 bits per heavy atom. The Bertz CT molecular complexity index is 523. The number of nitrogens with zero attached hydrogens (tertiary/aromatic N) is 1. The first-order valence-electron chi connectivity index (χ1n) is 5.94. The quantitative estimate of drug-likeness (QED) is 0.900. The Kier molecular flexibility index (Phi) is 3.43. The van der Waals surface area contributed by atoms with E-state index >= 15 is 0 Å². The molecule has 2 N–H and O–H groups in total. The van der Waals surface area contributed by atoms with E-state index in [0.717, 1.165) is 11.3 Å². The molecule has 0 aliphatic rings. The molecular weight excluding hydrogens is 227 g/mol. The summed E-state index contributed by atoms with van der Waals surface area (Å²) in [7, 11) is 0. The molecule has 0 radical (unpaired) electrons. The van der Waals surface area contributed by atoms with Crippen molar-refractivity contribution < 1.29 is 4.39 Å². The molecule has 94 valence electrons. The molecule has 1 atom stereocenters. The van der Waals surface area contributed by atoms with Crippen molar-refractivity contribution in [1.29, 1.82) is 0 Å². The van der Waals surface area contributed by atoms with Gasteiger partial charge in [0, 0.05) is 23.3 Å². The topological polar surface area (TPSA) is 38.9 Å². The van der Waals surface area contributed by atoms with Crippen molar-refractivity contribution in [3.8, 4) is 0 Å². The van der Waals surface area contributed by atoms with Crippen molar-refractivity contribution in [2.45, 2.75) is 25.3 Å². The van der Waals surface area contributed by atoms with Gasteiger partial charge in [0.25, 0.3) is 0 Å². The summed E-state index contributed by atoms with van der Waals surface area (Å²) < 4.78 is 13.2. The molecule has 0 saturated heterocycles. The number of rotatable bonds is 3. The van der Waals surface area contributed by atoms with Crippen molar-refractivity contribution in [2.75, 3.05) is 0 Å². The Labute approximate surface area is 107 Å². The molecule has 0 bridgehead atoms. The van der Waals surface area contributed by atoms with Crippen LogP contribution in [-0.4, -0.2) is 4.98 Å². The van der Waals surface area contributed by atoms with E-state index in [9.17, 15) is 4.39 Å². The number of benzene rings is 1. The van der Waals surface area contributed by atoms with Crippen LogP contribution in [0.1, 0.15) is 31.1 Å². The van der Waals surface area contributed by atoms with Crippen LogP contribution in [0.2, 0.25) is 0 Å². The normalized spacial score (nSPS) is 13.3. The molecule has 1 heterocycles. The Balaban J connectivity index is 2.36. The van der Waals surface area contributed by atoms with E-state index in [1.54, 1.807) is 12.3 Å². The SMILES string of the molecule is CC(C)(c1ccccn1)[C@@H](N)c1cccc(F)c1. The number of nitrogens with two attached hydrogens (primary N) is 1. The maximum absolute atomic E-state index is 13.2. The number of pyridine rings is 1. The summed E-state index contributed by atoms with van der Waals surface area (Å²) in [5.74, 6) is -0.264. The highest BCUT2D eigenvalue weighted by atomic mass is 19.1. The largest absolute Gasteiger partial charge is 0.323 e. The first kappa shape index (κ1) is 12.7. The summed E-state index contributed by atoms with van der Waals surface area (Å²) in [6.45, 7) is 4.04. The fourth-order valence-corrected chi connectivity index (χ4v) is 2.02. The van der Waals surface area contributed by atoms with Crippen LogP contribution in [0, 0.1) is 5.82 Å². The van der Waals surface area contributed by atoms with Gasteiger partial charge in [-0.15, -0.1) is 0 Å². The van der Waals surface area contributed by atoms with Crippen LogP contribution in [0.5, 0.6) is 0 Å². The van der Waals surface area contributed by atoms with Crippen molar-refractivity contribution in [3.63, 3.8) is 0 Å². The summed E-state index contributed by atoms with van der Waals surface area (Å²) in [6, 6.07) is 11.9. The minimum absolute atomic E-state index is 0.264. The first-order valence-corrected chi connectivity index (χ1v) is 5.94. The van der Waals surface area contributed by atoms with Crippen molar-refractivity contribution in [1.82, 2.24) is 4.98 Å². The van der Waals surface area contributed by atoms with E-state index in [-0.39, 0.29) is 17.3 Å². The van der Waals surface area contributed by atoms with Gasteiger partial charge in [-0.3, -0.25) is 4.98 Å². The smallest absolute Gasteiger partial charge is 0.123 e. The van der Waals surface area contributed by atoms with Gasteiger partial charge in [-0.1, -0.05) is 32.0 Å². The van der Waals surface area contributed by atoms with Gasteiger partial charge >= 0.3 is 0 Å². The highest BCUT2D eigenvalue weighted by Crippen LogP contribution is 2.33. The second-order valence-corrected chi connectivity index (χ2v) is 4.97. The second-order valence-electron chi connectivity index (χ2n) is 4.97. The lowest BCUT2D eigenvalue weighted by Crippen LogP contribution is -2.34. The van der Waals surface area contributed by atoms with Gasteiger partial charge in [0.05, 0.1) is 0 Å². The van der Waals surface area contributed by atoms with Gasteiger partial charge in [-0.2, -0.15) is 0 Å². The fraction of sp³-hybridized carbons (Fsp3) is 0.267. The van der Waals surface area contributed by atoms with E-state index in [2.05, 4.69) is 4.98 Å². The molecule has 3 heteroatoms. The summed E-state index contributed by atoms with van der Waals surface area (Å²) in [5, 5.41) is 0. The molecule has 0 unspecified atom stereocenters. The standard InChI is InChI=1S/C15H17FN2/c1-15(2,13-8-3-4-9-18-13)14(17)11-6-5-7-12(16)10-11/h3-10,14H,17H2,1-2H3/t14-/m0/s1. The van der Waals surface area contributed by atoms with Crippen LogP contribution in [0.3, 0.4) is 0 Å². The van der Waals surface area contributed by atoms with E-state index in [1.165, 1.54) is 12.1 Å². The molecule has 2 rings (SSSR count). The Hall–Kier alpha value is -1.74. The summed E-state index contributed by atoms with van der Waals surface area (Å²) >= 11 is 0. The lowest BCUT2D eigenvalue weighted by molar-refractivity contribution is 0.408. The molecule has 18 heavy (non-hydrogen) atoms. The predicted octanol–water partition coefficient (Wildman–Crippen LogP) is 3.20. The summed E-state index contributed by atoms with van der Waals surface area (Å²) in [5.41, 5.74) is 7.60. The van der Waals surface area contributed by atoms with Gasteiger partial charge in [-0.25, -0.2) is 4.39 Å². The minimum Gasteiger partial charge on any atom is -0.323 e. The maximum atomic E-state index is 13.2. The third-order valence-electron chi connectivity index (χ3n) is 3.31. The van der Waals surface area contributed by atoms with Crippen molar-refractivity contribution >= 4 is 0 Å². The predicted molar refractivity (Wildman–Crippen MR) is 70.6 cm³/mol. The zero-order chi connectivity index (χ0) is 13.2. The first-order chi connectivity index (χ1) is 8.51. The molecule has 2 aromatic rings. The van der Waals surface area contributed by atoms with Gasteiger partial charge in [0.15, 0.2) is 0 Å². The number of halogens is 1. The highest BCUT2D eigenvalue weighted by molar-refractivity contribution is 5.28. The van der Waals surface area contributed by atoms with Crippen molar-refractivity contribution in [3.05, 3.63) is 65.7 Å². The Morgan fingerprint density at radius 2 is 1.94 bits per heavy atom. The van der Waals surface area contributed by atoms with Crippen LogP contribution in [-0.2, 0) is 5.41 Å². The van der Waals surface area contributed by atoms with Gasteiger partial charge < -0.3 is 5.73 Å². The molecule has 0 fully saturated rings. The average molecular weight is 244 g/mol. The van der Waals surface area contributed by atoms with Crippen LogP contribution in [0.25, 0.3) is 0 Å². The molecule has 0 saturated carbocycles. The van der Waals surface area contributed by atoms with Gasteiger partial charge in [0.2, 0.25) is 0 Å². The number of aromatic nitrogens is 1. The minimum atomic E-state index is -0.352. The lowest BCUT2D eigenvalue weighted by Gasteiger charge is -2.31. The number of hydrogen-bond acceptors (Lipinski definition) is 2. The zero-order valence-electron chi connectivity index (χ0n) is 10.6. The summed E-state index contributed by atoms with van der Waals surface area (Å²) in [4.78, 5) is 4.35. The molecule has 2 nitrogen and oxygen atoms in total. The monoisotopic (exact) mass is 244 g/mol. The fourth-order valence-electron chi connectivity index (χ4n) is 2.02. The average Bonchev–Trinajstić information content (AvgIpc) is 2.39. The second kappa shape index (κ2) is 4.86. The van der Waals surface area contributed by atoms with Crippen LogP contribution in [0.4, 0.5) is 4.39 Å². The Morgan fingerprint density at radius 3 is 2.56 bits per heavy atom. The maximum Gasteiger partial charge on any atom is 0.123 e. The summed E-state index contributed by atoms with van der Waals surface area (Å²) in [6.07, 6.45) is 1.75. The third-order valence-corrected chi connectivity index (χ3v) is 3.31. The van der Waals surface area contributed by atoms with Crippen LogP contribution in [0.15, 0.2) is 48.7 Å². The van der Waals surface area contributed by atoms with Crippen molar-refractivity contribution in [2.24, 2.45) is 5.73 Å². The molecule has 1 aromatic carbocycles. The van der Waals surface area contributed by atoms with E-state index in [1.807, 2.05) is 38.1 Å². The third kappa shape index (κ3) is 2.41. The molecular formula is C15H17FN2. The zero-order valence-corrected chi connectivity index (χ0v) is 10.6. The molecule has 0 spiro atoms. The molecule has 0 aliphatic carbocycles. The van der Waals surface area contributed by atoms with E-state index in [4.69, 9.17) is 5.73 Å². The molecule has 0 aliphatic heterocycles. The van der Waals surface area contributed by atoms with Gasteiger partial charge in [0.1, 0.15) is 5.82 Å². The number of hydrogen-bond donors (Lipinski definition) is 1. The van der Waals surface area contributed by atoms with Crippen LogP contribution >= 0.6 is 0 Å². The molecule has 1 aromatic heterocycles. The van der Waals surface area contributed by atoms with E-state index < -0.39 is 0 Å².